The molecule has 25 heavy (non-hydrogen) atoms. The van der Waals surface area contributed by atoms with Gasteiger partial charge in [-0.1, -0.05) is 24.6 Å². The number of hydrogen-bond donors (Lipinski definition) is 0. The molecule has 0 atom stereocenters. The Bertz CT molecular complexity index is 989. The Morgan fingerprint density at radius 2 is 1.96 bits per heavy atom. The smallest absolute Gasteiger partial charge is 0.279 e. The molecule has 0 aliphatic heterocycles. The summed E-state index contributed by atoms with van der Waals surface area (Å²) in [6, 6.07) is 13.1. The molecule has 0 saturated heterocycles. The molecule has 0 radical (unpaired) electrons. The normalized spacial score (nSPS) is 11.8. The van der Waals surface area contributed by atoms with Gasteiger partial charge < -0.3 is 4.57 Å². The van der Waals surface area contributed by atoms with Crippen molar-refractivity contribution >= 4 is 28.8 Å². The fourth-order valence-electron chi connectivity index (χ4n) is 2.58. The van der Waals surface area contributed by atoms with Gasteiger partial charge in [0.05, 0.1) is 5.69 Å². The number of carbonyl (C=O) groups excluding carboxylic acids is 1. The van der Waals surface area contributed by atoms with Crippen LogP contribution in [0.5, 0.6) is 0 Å². The maximum atomic E-state index is 13.2. The molecule has 0 fully saturated rings. The van der Waals surface area contributed by atoms with Crippen LogP contribution in [0.25, 0.3) is 11.3 Å². The molecule has 0 aliphatic carbocycles. The standard InChI is InChI=1S/C19H16ClFN2OS/c1-3-16-17(12-7-9-15(21)10-8-12)23(2)19(25-16)22-18(24)13-5-4-6-14(20)11-13/h4-11H,3H2,1-2H3. The average Bonchev–Trinajstić information content (AvgIpc) is 2.91. The highest BCUT2D eigenvalue weighted by molar-refractivity contribution is 7.09. The van der Waals surface area contributed by atoms with Crippen molar-refractivity contribution in [2.45, 2.75) is 13.3 Å². The Hall–Kier alpha value is -2.24. The summed E-state index contributed by atoms with van der Waals surface area (Å²) < 4.78 is 15.1. The van der Waals surface area contributed by atoms with Gasteiger partial charge in [-0.2, -0.15) is 4.99 Å². The quantitative estimate of drug-likeness (QED) is 0.645. The minimum Gasteiger partial charge on any atom is -0.319 e. The van der Waals surface area contributed by atoms with E-state index in [-0.39, 0.29) is 11.7 Å². The van der Waals surface area contributed by atoms with Gasteiger partial charge in [-0.05, 0) is 54.4 Å². The van der Waals surface area contributed by atoms with Crippen LogP contribution in [0.15, 0.2) is 53.5 Å². The minimum atomic E-state index is -0.340. The lowest BCUT2D eigenvalue weighted by molar-refractivity contribution is 0.0998. The van der Waals surface area contributed by atoms with Gasteiger partial charge in [0, 0.05) is 22.5 Å². The van der Waals surface area contributed by atoms with Crippen molar-refractivity contribution in [1.82, 2.24) is 4.57 Å². The molecule has 0 spiro atoms. The second-order valence-corrected chi connectivity index (χ2v) is 7.00. The Kier molecular flexibility index (Phi) is 5.16. The van der Waals surface area contributed by atoms with E-state index in [2.05, 4.69) is 4.99 Å². The highest BCUT2D eigenvalue weighted by Crippen LogP contribution is 2.26. The number of carbonyl (C=O) groups is 1. The van der Waals surface area contributed by atoms with Crippen molar-refractivity contribution in [3.63, 3.8) is 0 Å². The van der Waals surface area contributed by atoms with Crippen LogP contribution in [0.2, 0.25) is 5.02 Å². The van der Waals surface area contributed by atoms with Crippen molar-refractivity contribution < 1.29 is 9.18 Å². The van der Waals surface area contributed by atoms with Crippen molar-refractivity contribution in [1.29, 1.82) is 0 Å². The number of thiazole rings is 1. The fraction of sp³-hybridized carbons (Fsp3) is 0.158. The molecule has 3 aromatic rings. The van der Waals surface area contributed by atoms with Gasteiger partial charge in [0.1, 0.15) is 5.82 Å². The molecule has 0 saturated carbocycles. The first-order valence-electron chi connectivity index (χ1n) is 7.79. The van der Waals surface area contributed by atoms with Gasteiger partial charge >= 0.3 is 0 Å². The summed E-state index contributed by atoms with van der Waals surface area (Å²) in [6.07, 6.45) is 0.798. The van der Waals surface area contributed by atoms with Crippen LogP contribution in [-0.2, 0) is 13.5 Å². The van der Waals surface area contributed by atoms with E-state index in [4.69, 9.17) is 11.6 Å². The third-order valence-corrected chi connectivity index (χ3v) is 5.32. The van der Waals surface area contributed by atoms with E-state index in [1.54, 1.807) is 36.4 Å². The van der Waals surface area contributed by atoms with E-state index in [9.17, 15) is 9.18 Å². The summed E-state index contributed by atoms with van der Waals surface area (Å²) in [5.41, 5.74) is 2.29. The van der Waals surface area contributed by atoms with Crippen molar-refractivity contribution in [3.05, 3.63) is 74.6 Å². The summed E-state index contributed by atoms with van der Waals surface area (Å²) >= 11 is 7.40. The Labute approximate surface area is 154 Å². The maximum Gasteiger partial charge on any atom is 0.279 e. The topological polar surface area (TPSA) is 34.4 Å². The lowest BCUT2D eigenvalue weighted by Crippen LogP contribution is -2.14. The number of amides is 1. The first-order valence-corrected chi connectivity index (χ1v) is 8.98. The minimum absolute atomic E-state index is 0.277. The fourth-order valence-corrected chi connectivity index (χ4v) is 3.85. The molecule has 0 bridgehead atoms. The number of nitrogens with zero attached hydrogens (tertiary/aromatic N) is 2. The van der Waals surface area contributed by atoms with Crippen LogP contribution in [0.4, 0.5) is 4.39 Å². The van der Waals surface area contributed by atoms with Crippen LogP contribution in [0, 0.1) is 5.82 Å². The molecule has 0 aliphatic rings. The Balaban J connectivity index is 2.09. The molecular weight excluding hydrogens is 359 g/mol. The van der Waals surface area contributed by atoms with Crippen LogP contribution in [-0.4, -0.2) is 10.5 Å². The summed E-state index contributed by atoms with van der Waals surface area (Å²) in [4.78, 5) is 18.4. The molecule has 0 unspecified atom stereocenters. The van der Waals surface area contributed by atoms with E-state index in [0.717, 1.165) is 22.6 Å². The molecule has 128 valence electrons. The molecule has 2 aromatic carbocycles. The molecular formula is C19H16ClFN2OS. The van der Waals surface area contributed by atoms with Crippen molar-refractivity contribution in [2.75, 3.05) is 0 Å². The summed E-state index contributed by atoms with van der Waals surface area (Å²) in [6.45, 7) is 2.04. The molecule has 1 aromatic heterocycles. The van der Waals surface area contributed by atoms with Gasteiger partial charge in [0.25, 0.3) is 5.91 Å². The SMILES string of the molecule is CCc1sc(=NC(=O)c2cccc(Cl)c2)n(C)c1-c1ccc(F)cc1. The molecule has 3 nitrogen and oxygen atoms in total. The monoisotopic (exact) mass is 374 g/mol. The average molecular weight is 375 g/mol. The van der Waals surface area contributed by atoms with E-state index in [1.807, 2.05) is 18.5 Å². The molecule has 1 amide bonds. The third kappa shape index (κ3) is 3.72. The highest BCUT2D eigenvalue weighted by Gasteiger charge is 2.13. The number of benzene rings is 2. The van der Waals surface area contributed by atoms with E-state index >= 15 is 0 Å². The zero-order valence-electron chi connectivity index (χ0n) is 13.8. The molecule has 6 heteroatoms. The van der Waals surface area contributed by atoms with Gasteiger partial charge in [0.2, 0.25) is 0 Å². The first kappa shape index (κ1) is 17.6. The van der Waals surface area contributed by atoms with Crippen LogP contribution in [0.3, 0.4) is 0 Å². The molecule has 1 heterocycles. The predicted molar refractivity (Wildman–Crippen MR) is 99.4 cm³/mol. The maximum absolute atomic E-state index is 13.2. The van der Waals surface area contributed by atoms with E-state index < -0.39 is 0 Å². The lowest BCUT2D eigenvalue weighted by atomic mass is 10.1. The number of aromatic nitrogens is 1. The Morgan fingerprint density at radius 1 is 1.24 bits per heavy atom. The van der Waals surface area contributed by atoms with Crippen molar-refractivity contribution in [2.24, 2.45) is 12.0 Å². The summed E-state index contributed by atoms with van der Waals surface area (Å²) in [5.74, 6) is -0.617. The van der Waals surface area contributed by atoms with Gasteiger partial charge in [-0.3, -0.25) is 4.79 Å². The largest absolute Gasteiger partial charge is 0.319 e. The summed E-state index contributed by atoms with van der Waals surface area (Å²) in [7, 11) is 1.86. The number of aryl methyl sites for hydroxylation is 1. The Morgan fingerprint density at radius 3 is 2.60 bits per heavy atom. The predicted octanol–water partition coefficient (Wildman–Crippen LogP) is 4.85. The number of hydrogen-bond acceptors (Lipinski definition) is 2. The zero-order chi connectivity index (χ0) is 18.0. The number of halogens is 2. The van der Waals surface area contributed by atoms with Crippen LogP contribution >= 0.6 is 22.9 Å². The lowest BCUT2D eigenvalue weighted by Gasteiger charge is -2.05. The van der Waals surface area contributed by atoms with Crippen molar-refractivity contribution in [3.8, 4) is 11.3 Å². The molecule has 0 N–H and O–H groups in total. The first-order chi connectivity index (χ1) is 12.0. The second-order valence-electron chi connectivity index (χ2n) is 5.50. The van der Waals surface area contributed by atoms with Gasteiger partial charge in [0.15, 0.2) is 4.80 Å². The van der Waals surface area contributed by atoms with Gasteiger partial charge in [-0.15, -0.1) is 11.3 Å². The van der Waals surface area contributed by atoms with Crippen LogP contribution in [0.1, 0.15) is 22.2 Å². The van der Waals surface area contributed by atoms with Crippen LogP contribution < -0.4 is 4.80 Å². The number of rotatable bonds is 3. The van der Waals surface area contributed by atoms with E-state index in [0.29, 0.717) is 15.4 Å². The highest BCUT2D eigenvalue weighted by atomic mass is 35.5. The zero-order valence-corrected chi connectivity index (χ0v) is 15.4. The van der Waals surface area contributed by atoms with E-state index in [1.165, 1.54) is 23.5 Å². The third-order valence-electron chi connectivity index (χ3n) is 3.81. The van der Waals surface area contributed by atoms with Gasteiger partial charge in [-0.25, -0.2) is 4.39 Å². The summed E-state index contributed by atoms with van der Waals surface area (Å²) in [5, 5.41) is 0.498. The molecule has 3 rings (SSSR count). The second kappa shape index (κ2) is 7.33.